The van der Waals surface area contributed by atoms with Crippen molar-refractivity contribution in [3.8, 4) is 0 Å². The summed E-state index contributed by atoms with van der Waals surface area (Å²) in [6.45, 7) is 4.41. The maximum absolute atomic E-state index is 12.8. The van der Waals surface area contributed by atoms with Gasteiger partial charge in [0.05, 0.1) is 10.8 Å². The van der Waals surface area contributed by atoms with Crippen LogP contribution in [0.15, 0.2) is 40.8 Å². The van der Waals surface area contributed by atoms with Crippen LogP contribution in [-0.2, 0) is 24.0 Å². The molecule has 3 aliphatic carbocycles. The number of nitrogens with zero attached hydrogens (tertiary/aromatic N) is 2. The summed E-state index contributed by atoms with van der Waals surface area (Å²) >= 11 is 0. The molecule has 0 N–H and O–H groups in total. The summed E-state index contributed by atoms with van der Waals surface area (Å²) in [7, 11) is -4.74. The van der Waals surface area contributed by atoms with Gasteiger partial charge in [-0.15, -0.1) is 9.35 Å². The smallest absolute Gasteiger partial charge is 0.272 e. The molecule has 2 bridgehead atoms. The van der Waals surface area contributed by atoms with Crippen molar-refractivity contribution in [3.05, 3.63) is 46.0 Å². The molecule has 1 saturated heterocycles. The summed E-state index contributed by atoms with van der Waals surface area (Å²) in [6, 6.07) is 4.61. The topological polar surface area (TPSA) is 124 Å². The van der Waals surface area contributed by atoms with E-state index in [-0.39, 0.29) is 16.9 Å². The molecule has 0 aromatic heterocycles. The van der Waals surface area contributed by atoms with Crippen molar-refractivity contribution < 1.29 is 27.2 Å². The molecule has 9 nitrogen and oxygen atoms in total. The zero-order valence-electron chi connectivity index (χ0n) is 16.6. The third kappa shape index (κ3) is 3.24. The first-order valence-corrected chi connectivity index (χ1v) is 11.2. The fourth-order valence-electron chi connectivity index (χ4n) is 4.86. The number of para-hydroxylation sites is 1. The fraction of sp³-hybridized carbons (Fsp3) is 0.500. The standard InChI is InChI=1S/C20H22N2O7S/c1-20(2)14-8-7-12(15(20)11-14)9-13-10-18(23)21(19(13)24)29-30(27,28)17-6-4-3-5-16(17)22(25)26/h3-7,13-15H,8-11H2,1-2H3/t13-,14+,15-/m1/s1. The minimum atomic E-state index is -4.74. The predicted octanol–water partition coefficient (Wildman–Crippen LogP) is 2.97. The average Bonchev–Trinajstić information content (AvgIpc) is 2.95. The van der Waals surface area contributed by atoms with Crippen molar-refractivity contribution in [3.63, 3.8) is 0 Å². The molecule has 10 heteroatoms. The zero-order chi connectivity index (χ0) is 21.8. The zero-order valence-corrected chi connectivity index (χ0v) is 17.4. The van der Waals surface area contributed by atoms with Crippen LogP contribution < -0.4 is 0 Å². The van der Waals surface area contributed by atoms with Crippen LogP contribution >= 0.6 is 0 Å². The molecular weight excluding hydrogens is 412 g/mol. The molecule has 0 spiro atoms. The van der Waals surface area contributed by atoms with Crippen molar-refractivity contribution >= 4 is 27.6 Å². The summed E-state index contributed by atoms with van der Waals surface area (Å²) in [5.41, 5.74) is 0.612. The lowest BCUT2D eigenvalue weighted by Crippen LogP contribution is -2.48. The first-order valence-electron chi connectivity index (χ1n) is 9.76. The van der Waals surface area contributed by atoms with E-state index in [1.54, 1.807) is 0 Å². The SMILES string of the molecule is CC1(C)[C@H]2CC=C(C[C@@H]3CC(=O)N(OS(=O)(=O)c4ccccc4[N+](=O)[O-])C3=O)[C@H]1C2. The second kappa shape index (κ2) is 6.98. The van der Waals surface area contributed by atoms with Gasteiger partial charge in [-0.1, -0.05) is 37.6 Å². The molecule has 2 amide bonds. The molecule has 1 aromatic rings. The Kier molecular flexibility index (Phi) is 4.81. The molecule has 4 aliphatic rings. The van der Waals surface area contributed by atoms with Gasteiger partial charge in [0.15, 0.2) is 4.90 Å². The van der Waals surface area contributed by atoms with Crippen LogP contribution in [-0.4, -0.2) is 30.2 Å². The number of carbonyl (C=O) groups is 2. The molecule has 1 aromatic carbocycles. The van der Waals surface area contributed by atoms with E-state index in [4.69, 9.17) is 4.28 Å². The van der Waals surface area contributed by atoms with E-state index in [0.717, 1.165) is 30.5 Å². The van der Waals surface area contributed by atoms with Gasteiger partial charge in [-0.2, -0.15) is 8.42 Å². The molecule has 160 valence electrons. The summed E-state index contributed by atoms with van der Waals surface area (Å²) in [5, 5.41) is 11.4. The van der Waals surface area contributed by atoms with Crippen LogP contribution in [0.1, 0.15) is 39.5 Å². The van der Waals surface area contributed by atoms with Crippen molar-refractivity contribution in [2.75, 3.05) is 0 Å². The Bertz CT molecular complexity index is 1080. The average molecular weight is 434 g/mol. The summed E-state index contributed by atoms with van der Waals surface area (Å²) in [5.74, 6) is -1.20. The second-order valence-electron chi connectivity index (χ2n) is 8.71. The van der Waals surface area contributed by atoms with E-state index < -0.39 is 43.4 Å². The van der Waals surface area contributed by atoms with Gasteiger partial charge < -0.3 is 0 Å². The van der Waals surface area contributed by atoms with Gasteiger partial charge in [0.1, 0.15) is 0 Å². The highest BCUT2D eigenvalue weighted by molar-refractivity contribution is 7.86. The number of fused-ring (bicyclic) bond motifs is 1. The second-order valence-corrected chi connectivity index (χ2v) is 10.2. The van der Waals surface area contributed by atoms with Crippen molar-refractivity contribution in [1.29, 1.82) is 0 Å². The first-order chi connectivity index (χ1) is 14.0. The van der Waals surface area contributed by atoms with Crippen LogP contribution in [0.3, 0.4) is 0 Å². The summed E-state index contributed by atoms with van der Waals surface area (Å²) in [6.07, 6.45) is 4.38. The largest absolute Gasteiger partial charge is 0.325 e. The molecule has 0 unspecified atom stereocenters. The van der Waals surface area contributed by atoms with Crippen LogP contribution in [0.25, 0.3) is 0 Å². The van der Waals surface area contributed by atoms with E-state index in [2.05, 4.69) is 19.9 Å². The Balaban J connectivity index is 1.51. The van der Waals surface area contributed by atoms with Crippen LogP contribution in [0, 0.1) is 33.3 Å². The minimum absolute atomic E-state index is 0.154. The fourth-order valence-corrected chi connectivity index (χ4v) is 5.93. The lowest BCUT2D eigenvalue weighted by molar-refractivity contribution is -0.388. The quantitative estimate of drug-likeness (QED) is 0.292. The maximum Gasteiger partial charge on any atom is 0.325 e. The Morgan fingerprint density at radius 2 is 1.97 bits per heavy atom. The number of nitro groups is 1. The highest BCUT2D eigenvalue weighted by Crippen LogP contribution is 2.60. The number of carbonyl (C=O) groups excluding carboxylic acids is 2. The normalized spacial score (nSPS) is 27.6. The third-order valence-corrected chi connectivity index (χ3v) is 7.99. The van der Waals surface area contributed by atoms with Crippen molar-refractivity contribution in [2.24, 2.45) is 23.2 Å². The van der Waals surface area contributed by atoms with Crippen LogP contribution in [0.5, 0.6) is 0 Å². The van der Waals surface area contributed by atoms with E-state index in [0.29, 0.717) is 18.3 Å². The molecule has 0 radical (unpaired) electrons. The number of allylic oxidation sites excluding steroid dienone is 2. The molecular formula is C20H22N2O7S. The number of benzene rings is 1. The lowest BCUT2D eigenvalue weighted by atomic mass is 9.48. The molecule has 1 saturated carbocycles. The summed E-state index contributed by atoms with van der Waals surface area (Å²) < 4.78 is 29.9. The van der Waals surface area contributed by atoms with Gasteiger partial charge in [0.25, 0.3) is 17.5 Å². The molecule has 5 rings (SSSR count). The van der Waals surface area contributed by atoms with E-state index in [9.17, 15) is 28.1 Å². The highest BCUT2D eigenvalue weighted by atomic mass is 32.2. The monoisotopic (exact) mass is 434 g/mol. The van der Waals surface area contributed by atoms with E-state index >= 15 is 0 Å². The van der Waals surface area contributed by atoms with Gasteiger partial charge in [0.2, 0.25) is 0 Å². The Morgan fingerprint density at radius 1 is 1.27 bits per heavy atom. The molecule has 1 heterocycles. The first kappa shape index (κ1) is 20.7. The number of hydrogen-bond donors (Lipinski definition) is 0. The predicted molar refractivity (Wildman–Crippen MR) is 104 cm³/mol. The Morgan fingerprint density at radius 3 is 2.60 bits per heavy atom. The van der Waals surface area contributed by atoms with Gasteiger partial charge in [0, 0.05) is 12.5 Å². The highest BCUT2D eigenvalue weighted by Gasteiger charge is 2.52. The lowest BCUT2D eigenvalue weighted by Gasteiger charge is -2.56. The molecule has 1 aliphatic heterocycles. The summed E-state index contributed by atoms with van der Waals surface area (Å²) in [4.78, 5) is 34.6. The molecule has 3 atom stereocenters. The van der Waals surface area contributed by atoms with Crippen molar-refractivity contribution in [2.45, 2.75) is 44.4 Å². The number of imide groups is 1. The van der Waals surface area contributed by atoms with Crippen molar-refractivity contribution in [1.82, 2.24) is 5.06 Å². The van der Waals surface area contributed by atoms with Gasteiger partial charge >= 0.3 is 10.1 Å². The Hall–Kier alpha value is -2.59. The van der Waals surface area contributed by atoms with Gasteiger partial charge in [-0.25, -0.2) is 0 Å². The van der Waals surface area contributed by atoms with Crippen LogP contribution in [0.2, 0.25) is 0 Å². The third-order valence-electron chi connectivity index (χ3n) is 6.77. The number of hydrogen-bond acceptors (Lipinski definition) is 7. The van der Waals surface area contributed by atoms with E-state index in [1.165, 1.54) is 12.1 Å². The van der Waals surface area contributed by atoms with Crippen LogP contribution in [0.4, 0.5) is 5.69 Å². The minimum Gasteiger partial charge on any atom is -0.272 e. The molecule has 2 fully saturated rings. The maximum atomic E-state index is 12.8. The van der Waals surface area contributed by atoms with Gasteiger partial charge in [-0.3, -0.25) is 19.7 Å². The molecule has 30 heavy (non-hydrogen) atoms. The Labute approximate surface area is 173 Å². The number of hydroxylamine groups is 2. The van der Waals surface area contributed by atoms with Gasteiger partial charge in [-0.05, 0) is 42.6 Å². The number of amides is 2. The number of nitro benzene ring substituents is 1. The van der Waals surface area contributed by atoms with E-state index in [1.807, 2.05) is 0 Å². The number of rotatable bonds is 6.